The van der Waals surface area contributed by atoms with Gasteiger partial charge in [0.1, 0.15) is 0 Å². The molecular weight excluding hydrogens is 244 g/mol. The van der Waals surface area contributed by atoms with Gasteiger partial charge in [-0.05, 0) is 24.6 Å². The predicted molar refractivity (Wildman–Crippen MR) is 68.4 cm³/mol. The van der Waals surface area contributed by atoms with Gasteiger partial charge in [0, 0.05) is 5.02 Å². The number of nitrogens with zero attached hydrogens (tertiary/aromatic N) is 1. The molecule has 0 saturated carbocycles. The molecule has 2 rings (SSSR count). The maximum Gasteiger partial charge on any atom is 0.239 e. The number of hydrogen-bond donors (Lipinski definition) is 1. The summed E-state index contributed by atoms with van der Waals surface area (Å²) >= 11 is 7.32. The number of nitrogens with one attached hydrogen (secondary N) is 1. The highest BCUT2D eigenvalue weighted by molar-refractivity contribution is 8.15. The van der Waals surface area contributed by atoms with Crippen LogP contribution in [-0.4, -0.2) is 16.3 Å². The quantitative estimate of drug-likeness (QED) is 0.882. The molecule has 1 aromatic carbocycles. The lowest BCUT2D eigenvalue weighted by molar-refractivity contribution is -0.118. The maximum absolute atomic E-state index is 11.4. The Labute approximate surface area is 103 Å². The Morgan fingerprint density at radius 3 is 3.00 bits per heavy atom. The third-order valence-corrected chi connectivity index (χ3v) is 3.67. The lowest BCUT2D eigenvalue weighted by Crippen LogP contribution is -2.24. The molecule has 0 radical (unpaired) electrons. The van der Waals surface area contributed by atoms with Crippen molar-refractivity contribution in [1.29, 1.82) is 0 Å². The van der Waals surface area contributed by atoms with Crippen molar-refractivity contribution in [3.05, 3.63) is 29.3 Å². The van der Waals surface area contributed by atoms with Gasteiger partial charge in [-0.1, -0.05) is 36.4 Å². The van der Waals surface area contributed by atoms with E-state index in [1.165, 1.54) is 11.8 Å². The lowest BCUT2D eigenvalue weighted by atomic mass is 10.3. The van der Waals surface area contributed by atoms with Crippen LogP contribution in [0.4, 0.5) is 5.69 Å². The van der Waals surface area contributed by atoms with E-state index < -0.39 is 0 Å². The standard InChI is InChI=1S/C11H11ClN2OS/c1-2-9-10(15)14-11(16-9)13-8-5-3-4-7(12)6-8/h3-6,9H,2H2,1H3,(H,13,14,15)/t9-/m0/s1. The molecule has 1 aromatic rings. The number of benzene rings is 1. The minimum Gasteiger partial charge on any atom is -0.304 e. The van der Waals surface area contributed by atoms with Crippen molar-refractivity contribution in [1.82, 2.24) is 5.32 Å². The van der Waals surface area contributed by atoms with Crippen molar-refractivity contribution in [2.45, 2.75) is 18.6 Å². The molecule has 0 spiro atoms. The van der Waals surface area contributed by atoms with Crippen molar-refractivity contribution in [2.24, 2.45) is 4.99 Å². The summed E-state index contributed by atoms with van der Waals surface area (Å²) in [6.07, 6.45) is 0.811. The van der Waals surface area contributed by atoms with E-state index in [2.05, 4.69) is 10.3 Å². The van der Waals surface area contributed by atoms with Crippen molar-refractivity contribution in [2.75, 3.05) is 0 Å². The van der Waals surface area contributed by atoms with Gasteiger partial charge < -0.3 is 5.32 Å². The van der Waals surface area contributed by atoms with E-state index in [1.54, 1.807) is 12.1 Å². The number of aliphatic imine (C=N–C) groups is 1. The molecular formula is C11H11ClN2OS. The molecule has 1 N–H and O–H groups in total. The minimum absolute atomic E-state index is 0.0158. The second-order valence-electron chi connectivity index (χ2n) is 3.40. The van der Waals surface area contributed by atoms with Gasteiger partial charge in [-0.25, -0.2) is 4.99 Å². The van der Waals surface area contributed by atoms with E-state index in [4.69, 9.17) is 11.6 Å². The summed E-state index contributed by atoms with van der Waals surface area (Å²) in [5.41, 5.74) is 0.757. The number of amidine groups is 1. The van der Waals surface area contributed by atoms with Gasteiger partial charge in [-0.15, -0.1) is 0 Å². The Morgan fingerprint density at radius 1 is 1.56 bits per heavy atom. The molecule has 0 unspecified atom stereocenters. The first-order chi connectivity index (χ1) is 7.69. The zero-order chi connectivity index (χ0) is 11.5. The zero-order valence-electron chi connectivity index (χ0n) is 8.74. The van der Waals surface area contributed by atoms with Crippen LogP contribution in [0.25, 0.3) is 0 Å². The third kappa shape index (κ3) is 2.57. The Bertz CT molecular complexity index is 447. The Morgan fingerprint density at radius 2 is 2.38 bits per heavy atom. The van der Waals surface area contributed by atoms with Gasteiger partial charge in [-0.2, -0.15) is 0 Å². The monoisotopic (exact) mass is 254 g/mol. The Balaban J connectivity index is 2.17. The second kappa shape index (κ2) is 4.89. The van der Waals surface area contributed by atoms with Crippen molar-refractivity contribution in [3.63, 3.8) is 0 Å². The van der Waals surface area contributed by atoms with Crippen LogP contribution in [0.5, 0.6) is 0 Å². The van der Waals surface area contributed by atoms with E-state index in [0.717, 1.165) is 12.1 Å². The second-order valence-corrected chi connectivity index (χ2v) is 5.03. The van der Waals surface area contributed by atoms with E-state index >= 15 is 0 Å². The molecule has 3 nitrogen and oxygen atoms in total. The van der Waals surface area contributed by atoms with Crippen molar-refractivity contribution >= 4 is 40.1 Å². The molecule has 1 atom stereocenters. The fourth-order valence-electron chi connectivity index (χ4n) is 1.39. The summed E-state index contributed by atoms with van der Waals surface area (Å²) in [4.78, 5) is 15.8. The van der Waals surface area contributed by atoms with Crippen LogP contribution in [0.15, 0.2) is 29.3 Å². The van der Waals surface area contributed by atoms with Crippen LogP contribution < -0.4 is 5.32 Å². The van der Waals surface area contributed by atoms with Gasteiger partial charge in [0.2, 0.25) is 5.91 Å². The molecule has 0 bridgehead atoms. The molecule has 5 heteroatoms. The molecule has 1 aliphatic heterocycles. The molecule has 16 heavy (non-hydrogen) atoms. The SMILES string of the molecule is CC[C@@H]1SC(=Nc2cccc(Cl)c2)NC1=O. The molecule has 1 fully saturated rings. The van der Waals surface area contributed by atoms with Crippen LogP contribution in [-0.2, 0) is 4.79 Å². The number of rotatable bonds is 2. The van der Waals surface area contributed by atoms with E-state index in [0.29, 0.717) is 10.2 Å². The van der Waals surface area contributed by atoms with Crippen molar-refractivity contribution in [3.8, 4) is 0 Å². The van der Waals surface area contributed by atoms with Crippen molar-refractivity contribution < 1.29 is 4.79 Å². The van der Waals surface area contributed by atoms with Gasteiger partial charge in [0.25, 0.3) is 0 Å². The van der Waals surface area contributed by atoms with Crippen LogP contribution in [0.1, 0.15) is 13.3 Å². The first-order valence-corrected chi connectivity index (χ1v) is 6.26. The highest BCUT2D eigenvalue weighted by Crippen LogP contribution is 2.25. The van der Waals surface area contributed by atoms with Crippen LogP contribution in [0, 0.1) is 0 Å². The lowest BCUT2D eigenvalue weighted by Gasteiger charge is -1.97. The summed E-state index contributed by atoms with van der Waals surface area (Å²) in [5, 5.41) is 4.03. The summed E-state index contributed by atoms with van der Waals surface area (Å²) in [7, 11) is 0. The first-order valence-electron chi connectivity index (χ1n) is 5.01. The Hall–Kier alpha value is -1.00. The number of amides is 1. The molecule has 1 heterocycles. The number of thioether (sulfide) groups is 1. The smallest absolute Gasteiger partial charge is 0.239 e. The highest BCUT2D eigenvalue weighted by atomic mass is 35.5. The topological polar surface area (TPSA) is 41.5 Å². The summed E-state index contributed by atoms with van der Waals surface area (Å²) in [6.45, 7) is 1.99. The molecule has 0 aromatic heterocycles. The molecule has 1 amide bonds. The predicted octanol–water partition coefficient (Wildman–Crippen LogP) is 2.97. The average molecular weight is 255 g/mol. The number of carbonyl (C=O) groups excluding carboxylic acids is 1. The van der Waals surface area contributed by atoms with Gasteiger partial charge in [0.05, 0.1) is 10.9 Å². The largest absolute Gasteiger partial charge is 0.304 e. The van der Waals surface area contributed by atoms with Crippen LogP contribution in [0.2, 0.25) is 5.02 Å². The zero-order valence-corrected chi connectivity index (χ0v) is 10.3. The van der Waals surface area contributed by atoms with Gasteiger partial charge in [0.15, 0.2) is 5.17 Å². The number of hydrogen-bond acceptors (Lipinski definition) is 3. The average Bonchev–Trinajstić information content (AvgIpc) is 2.58. The normalized spacial score (nSPS) is 22.5. The minimum atomic E-state index is -0.0158. The van der Waals surface area contributed by atoms with E-state index in [1.807, 2.05) is 19.1 Å². The van der Waals surface area contributed by atoms with Crippen LogP contribution in [0.3, 0.4) is 0 Å². The summed E-state index contributed by atoms with van der Waals surface area (Å²) in [5.74, 6) is 0.0354. The molecule has 1 saturated heterocycles. The highest BCUT2D eigenvalue weighted by Gasteiger charge is 2.28. The first kappa shape index (κ1) is 11.5. The van der Waals surface area contributed by atoms with Crippen LogP contribution >= 0.6 is 23.4 Å². The number of carbonyl (C=O) groups is 1. The Kier molecular flexibility index (Phi) is 3.51. The third-order valence-electron chi connectivity index (χ3n) is 2.19. The summed E-state index contributed by atoms with van der Waals surface area (Å²) < 4.78 is 0. The van der Waals surface area contributed by atoms with Gasteiger partial charge >= 0.3 is 0 Å². The van der Waals surface area contributed by atoms with E-state index in [9.17, 15) is 4.79 Å². The molecule has 1 aliphatic rings. The fourth-order valence-corrected chi connectivity index (χ4v) is 2.49. The molecule has 0 aliphatic carbocycles. The maximum atomic E-state index is 11.4. The molecule has 84 valence electrons. The van der Waals surface area contributed by atoms with Gasteiger partial charge in [-0.3, -0.25) is 4.79 Å². The van der Waals surface area contributed by atoms with E-state index in [-0.39, 0.29) is 11.2 Å². The number of halogens is 1. The fraction of sp³-hybridized carbons (Fsp3) is 0.273. The summed E-state index contributed by atoms with van der Waals surface area (Å²) in [6, 6.07) is 7.24.